The number of nitrogen functional groups attached to an aromatic ring is 1. The summed E-state index contributed by atoms with van der Waals surface area (Å²) in [5, 5.41) is 10.8. The van der Waals surface area contributed by atoms with Crippen molar-refractivity contribution in [3.8, 4) is 0 Å². The van der Waals surface area contributed by atoms with Gasteiger partial charge in [-0.25, -0.2) is 15.0 Å². The third-order valence-electron chi connectivity index (χ3n) is 2.81. The molecule has 0 saturated carbocycles. The number of hydrogen-bond donors (Lipinski definition) is 2. The summed E-state index contributed by atoms with van der Waals surface area (Å²) in [5.41, 5.74) is 8.61. The molecule has 0 bridgehead atoms. The van der Waals surface area contributed by atoms with Crippen LogP contribution < -0.4 is 5.73 Å². The molecule has 0 unspecified atom stereocenters. The number of imidazole rings is 1. The monoisotopic (exact) mass is 272 g/mol. The Kier molecular flexibility index (Phi) is 2.03. The van der Waals surface area contributed by atoms with Crippen LogP contribution in [0.2, 0.25) is 0 Å². The zero-order valence-corrected chi connectivity index (χ0v) is 10.4. The fraction of sp³-hybridized carbons (Fsp3) is 0.100. The minimum Gasteiger partial charge on any atom is -0.375 e. The molecule has 0 radical (unpaired) electrons. The van der Waals surface area contributed by atoms with Crippen molar-refractivity contribution in [1.29, 1.82) is 0 Å². The van der Waals surface area contributed by atoms with Crippen LogP contribution in [-0.2, 0) is 6.42 Å². The Balaban J connectivity index is 1.86. The molecule has 0 saturated heterocycles. The number of anilines is 1. The average molecular weight is 272 g/mol. The molecule has 9 heteroatoms. The Morgan fingerprint density at radius 1 is 1.32 bits per heavy atom. The van der Waals surface area contributed by atoms with Crippen molar-refractivity contribution in [2.45, 2.75) is 6.42 Å². The van der Waals surface area contributed by atoms with E-state index in [4.69, 9.17) is 5.73 Å². The predicted molar refractivity (Wildman–Crippen MR) is 69.8 cm³/mol. The summed E-state index contributed by atoms with van der Waals surface area (Å²) < 4.78 is 1.83. The second-order valence-corrected chi connectivity index (χ2v) is 4.90. The lowest BCUT2D eigenvalue weighted by Gasteiger charge is -1.97. The van der Waals surface area contributed by atoms with E-state index in [1.165, 1.54) is 11.3 Å². The van der Waals surface area contributed by atoms with Crippen molar-refractivity contribution < 1.29 is 0 Å². The Bertz CT molecular complexity index is 872. The van der Waals surface area contributed by atoms with Gasteiger partial charge < -0.3 is 10.7 Å². The van der Waals surface area contributed by atoms with Crippen molar-refractivity contribution >= 4 is 33.3 Å². The highest BCUT2D eigenvalue weighted by atomic mass is 32.1. The van der Waals surface area contributed by atoms with E-state index in [1.54, 1.807) is 12.7 Å². The number of nitrogens with zero attached hydrogens (tertiary/aromatic N) is 6. The summed E-state index contributed by atoms with van der Waals surface area (Å²) in [6, 6.07) is 0. The molecule has 0 aliphatic carbocycles. The van der Waals surface area contributed by atoms with Gasteiger partial charge in [-0.3, -0.25) is 4.40 Å². The Hall–Kier alpha value is -2.55. The van der Waals surface area contributed by atoms with Gasteiger partial charge in [0.05, 0.1) is 18.4 Å². The highest BCUT2D eigenvalue weighted by Crippen LogP contribution is 2.17. The van der Waals surface area contributed by atoms with Gasteiger partial charge in [0.2, 0.25) is 0 Å². The number of aromatic nitrogens is 7. The highest BCUT2D eigenvalue weighted by Gasteiger charge is 2.12. The zero-order valence-electron chi connectivity index (χ0n) is 9.61. The normalized spacial score (nSPS) is 11.6. The molecule has 0 spiro atoms. The van der Waals surface area contributed by atoms with Crippen LogP contribution in [0.5, 0.6) is 0 Å². The van der Waals surface area contributed by atoms with Crippen LogP contribution in [0.25, 0.3) is 16.8 Å². The summed E-state index contributed by atoms with van der Waals surface area (Å²) in [7, 11) is 0. The second-order valence-electron chi connectivity index (χ2n) is 4.01. The maximum atomic E-state index is 5.62. The molecule has 19 heavy (non-hydrogen) atoms. The van der Waals surface area contributed by atoms with Gasteiger partial charge in [0.15, 0.2) is 16.4 Å². The summed E-state index contributed by atoms with van der Waals surface area (Å²) in [6.45, 7) is 0. The number of nitrogens with two attached hydrogens (primary N) is 1. The van der Waals surface area contributed by atoms with E-state index in [2.05, 4.69) is 30.1 Å². The predicted octanol–water partition coefficient (Wildman–Crippen LogP) is 0.630. The number of thiazole rings is 1. The molecule has 4 heterocycles. The lowest BCUT2D eigenvalue weighted by atomic mass is 10.3. The SMILES string of the molecule is Nc1nc(Cc2nnc3c4[nH]cnc4ncn23)cs1. The third-order valence-corrected chi connectivity index (χ3v) is 3.54. The van der Waals surface area contributed by atoms with Crippen LogP contribution in [-0.4, -0.2) is 34.5 Å². The number of nitrogens with one attached hydrogen (secondary N) is 1. The van der Waals surface area contributed by atoms with Crippen molar-refractivity contribution in [3.63, 3.8) is 0 Å². The first-order valence-electron chi connectivity index (χ1n) is 5.53. The van der Waals surface area contributed by atoms with Gasteiger partial charge in [0.25, 0.3) is 0 Å². The van der Waals surface area contributed by atoms with Gasteiger partial charge in [0.1, 0.15) is 17.7 Å². The second kappa shape index (κ2) is 3.72. The summed E-state index contributed by atoms with van der Waals surface area (Å²) >= 11 is 1.41. The molecule has 0 atom stereocenters. The van der Waals surface area contributed by atoms with Gasteiger partial charge in [-0.05, 0) is 0 Å². The van der Waals surface area contributed by atoms with Crippen molar-refractivity contribution in [2.24, 2.45) is 0 Å². The first kappa shape index (κ1) is 10.4. The molecule has 0 aliphatic heterocycles. The average Bonchev–Trinajstić information content (AvgIpc) is 3.09. The van der Waals surface area contributed by atoms with Crippen molar-refractivity contribution in [1.82, 2.24) is 34.5 Å². The Morgan fingerprint density at radius 2 is 2.26 bits per heavy atom. The first-order chi connectivity index (χ1) is 9.31. The van der Waals surface area contributed by atoms with E-state index in [0.29, 0.717) is 22.8 Å². The van der Waals surface area contributed by atoms with Gasteiger partial charge in [0, 0.05) is 5.38 Å². The summed E-state index contributed by atoms with van der Waals surface area (Å²) in [5.74, 6) is 0.768. The molecule has 4 aromatic heterocycles. The zero-order chi connectivity index (χ0) is 12.8. The number of hydrogen-bond acceptors (Lipinski definition) is 7. The minimum absolute atomic E-state index is 0.554. The highest BCUT2D eigenvalue weighted by molar-refractivity contribution is 7.13. The van der Waals surface area contributed by atoms with Gasteiger partial charge >= 0.3 is 0 Å². The maximum Gasteiger partial charge on any atom is 0.189 e. The molecule has 4 rings (SSSR count). The number of H-pyrrole nitrogens is 1. The van der Waals surface area contributed by atoms with Crippen LogP contribution in [0.4, 0.5) is 5.13 Å². The molecule has 0 aliphatic rings. The van der Waals surface area contributed by atoms with E-state index in [1.807, 2.05) is 9.78 Å². The molecular weight excluding hydrogens is 264 g/mol. The van der Waals surface area contributed by atoms with Crippen molar-refractivity contribution in [3.05, 3.63) is 29.6 Å². The van der Waals surface area contributed by atoms with E-state index >= 15 is 0 Å². The molecule has 0 fully saturated rings. The Morgan fingerprint density at radius 3 is 3.11 bits per heavy atom. The molecule has 94 valence electrons. The van der Waals surface area contributed by atoms with Gasteiger partial charge in [-0.2, -0.15) is 0 Å². The van der Waals surface area contributed by atoms with Crippen LogP contribution in [0.3, 0.4) is 0 Å². The van der Waals surface area contributed by atoms with Gasteiger partial charge in [-0.15, -0.1) is 21.5 Å². The van der Waals surface area contributed by atoms with E-state index in [0.717, 1.165) is 17.0 Å². The number of aromatic amines is 1. The fourth-order valence-electron chi connectivity index (χ4n) is 1.96. The quantitative estimate of drug-likeness (QED) is 0.553. The lowest BCUT2D eigenvalue weighted by Crippen LogP contribution is -1.98. The topological polar surface area (TPSA) is 111 Å². The molecule has 0 amide bonds. The van der Waals surface area contributed by atoms with Crippen LogP contribution in [0.1, 0.15) is 11.5 Å². The smallest absolute Gasteiger partial charge is 0.189 e. The van der Waals surface area contributed by atoms with Gasteiger partial charge in [-0.1, -0.05) is 0 Å². The standard InChI is InChI=1S/C10H8N8S/c11-10-15-5(2-19-10)1-6-16-17-9-7-8(13-3-12-7)14-4-18(6)9/h2-4H,1H2,(H2,11,15)(H,12,13). The Labute approximate surface area is 110 Å². The van der Waals surface area contributed by atoms with E-state index in [9.17, 15) is 0 Å². The summed E-state index contributed by atoms with van der Waals surface area (Å²) in [6.07, 6.45) is 3.83. The van der Waals surface area contributed by atoms with Crippen LogP contribution in [0.15, 0.2) is 18.0 Å². The van der Waals surface area contributed by atoms with E-state index in [-0.39, 0.29) is 0 Å². The fourth-order valence-corrected chi connectivity index (χ4v) is 2.53. The first-order valence-corrected chi connectivity index (χ1v) is 6.41. The largest absolute Gasteiger partial charge is 0.375 e. The van der Waals surface area contributed by atoms with E-state index < -0.39 is 0 Å². The molecule has 0 aromatic carbocycles. The summed E-state index contributed by atoms with van der Waals surface area (Å²) in [4.78, 5) is 15.6. The maximum absolute atomic E-state index is 5.62. The molecule has 4 aromatic rings. The van der Waals surface area contributed by atoms with Crippen molar-refractivity contribution in [2.75, 3.05) is 5.73 Å². The number of fused-ring (bicyclic) bond motifs is 3. The molecule has 3 N–H and O–H groups in total. The molecular formula is C10H8N8S. The lowest BCUT2D eigenvalue weighted by molar-refractivity contribution is 0.906. The third kappa shape index (κ3) is 1.55. The van der Waals surface area contributed by atoms with Crippen LogP contribution in [0, 0.1) is 0 Å². The number of rotatable bonds is 2. The minimum atomic E-state index is 0.554. The molecule has 8 nitrogen and oxygen atoms in total. The van der Waals surface area contributed by atoms with Crippen LogP contribution >= 0.6 is 11.3 Å².